The van der Waals surface area contributed by atoms with Crippen LogP contribution in [0.4, 0.5) is 5.13 Å². The summed E-state index contributed by atoms with van der Waals surface area (Å²) in [5.74, 6) is 0. The van der Waals surface area contributed by atoms with Crippen LogP contribution >= 0.6 is 11.3 Å². The molecule has 5 nitrogen and oxygen atoms in total. The van der Waals surface area contributed by atoms with Gasteiger partial charge in [0, 0.05) is 32.7 Å². The Bertz CT molecular complexity index is 314. The highest BCUT2D eigenvalue weighted by molar-refractivity contribution is 7.13. The molecule has 0 unspecified atom stereocenters. The molecule has 0 bridgehead atoms. The van der Waals surface area contributed by atoms with Crippen LogP contribution in [-0.4, -0.2) is 58.5 Å². The summed E-state index contributed by atoms with van der Waals surface area (Å²) in [6, 6.07) is 0. The minimum Gasteiger partial charge on any atom is -0.389 e. The summed E-state index contributed by atoms with van der Waals surface area (Å²) < 4.78 is 0. The SMILES string of the molecule is CC(C)(O)CN1CCN(c2nncs2)CC1. The zero-order chi connectivity index (χ0) is 11.6. The second-order valence-corrected chi connectivity index (χ2v) is 5.61. The first-order valence-electron chi connectivity index (χ1n) is 5.50. The van der Waals surface area contributed by atoms with Crippen molar-refractivity contribution < 1.29 is 5.11 Å². The molecule has 1 aromatic rings. The Morgan fingerprint density at radius 2 is 2.06 bits per heavy atom. The summed E-state index contributed by atoms with van der Waals surface area (Å²) in [5.41, 5.74) is 1.16. The molecule has 1 N–H and O–H groups in total. The topological polar surface area (TPSA) is 52.5 Å². The normalized spacial score (nSPS) is 19.1. The fraction of sp³-hybridized carbons (Fsp3) is 0.800. The molecular weight excluding hydrogens is 224 g/mol. The van der Waals surface area contributed by atoms with Gasteiger partial charge in [-0.25, -0.2) is 0 Å². The van der Waals surface area contributed by atoms with Gasteiger partial charge in [0.1, 0.15) is 5.51 Å². The van der Waals surface area contributed by atoms with E-state index >= 15 is 0 Å². The molecule has 1 fully saturated rings. The first kappa shape index (κ1) is 11.8. The molecule has 0 aromatic carbocycles. The average Bonchev–Trinajstić information content (AvgIpc) is 2.69. The average molecular weight is 242 g/mol. The highest BCUT2D eigenvalue weighted by Gasteiger charge is 2.23. The van der Waals surface area contributed by atoms with Gasteiger partial charge in [0.05, 0.1) is 5.60 Å². The monoisotopic (exact) mass is 242 g/mol. The van der Waals surface area contributed by atoms with Crippen molar-refractivity contribution in [2.24, 2.45) is 0 Å². The number of β-amino-alcohol motifs (C(OH)–C–C–N with tert-alkyl or cyclic N) is 1. The summed E-state index contributed by atoms with van der Waals surface area (Å²) >= 11 is 1.58. The van der Waals surface area contributed by atoms with E-state index in [2.05, 4.69) is 20.0 Å². The first-order chi connectivity index (χ1) is 7.54. The number of anilines is 1. The lowest BCUT2D eigenvalue weighted by Crippen LogP contribution is -2.50. The maximum atomic E-state index is 9.74. The van der Waals surface area contributed by atoms with E-state index in [0.29, 0.717) is 0 Å². The van der Waals surface area contributed by atoms with Gasteiger partial charge < -0.3 is 10.0 Å². The van der Waals surface area contributed by atoms with Gasteiger partial charge in [-0.3, -0.25) is 4.90 Å². The number of hydrogen-bond acceptors (Lipinski definition) is 6. The maximum absolute atomic E-state index is 9.74. The molecule has 0 radical (unpaired) electrons. The molecule has 6 heteroatoms. The minimum absolute atomic E-state index is 0.606. The predicted octanol–water partition coefficient (Wildman–Crippen LogP) is 0.431. The molecule has 0 amide bonds. The number of piperazine rings is 1. The van der Waals surface area contributed by atoms with Crippen LogP contribution in [-0.2, 0) is 0 Å². The van der Waals surface area contributed by atoms with Gasteiger partial charge in [0.2, 0.25) is 5.13 Å². The van der Waals surface area contributed by atoms with Gasteiger partial charge in [-0.1, -0.05) is 11.3 Å². The zero-order valence-electron chi connectivity index (χ0n) is 9.76. The fourth-order valence-electron chi connectivity index (χ4n) is 1.95. The van der Waals surface area contributed by atoms with Crippen molar-refractivity contribution in [2.45, 2.75) is 19.4 Å². The predicted molar refractivity (Wildman–Crippen MR) is 64.9 cm³/mol. The quantitative estimate of drug-likeness (QED) is 0.833. The largest absolute Gasteiger partial charge is 0.389 e. The number of rotatable bonds is 3. The van der Waals surface area contributed by atoms with Crippen molar-refractivity contribution in [3.05, 3.63) is 5.51 Å². The van der Waals surface area contributed by atoms with Gasteiger partial charge in [-0.15, -0.1) is 10.2 Å². The van der Waals surface area contributed by atoms with Gasteiger partial charge in [-0.2, -0.15) is 0 Å². The zero-order valence-corrected chi connectivity index (χ0v) is 10.6. The Kier molecular flexibility index (Phi) is 3.41. The molecule has 0 spiro atoms. The second kappa shape index (κ2) is 4.65. The molecule has 1 aliphatic rings. The molecule has 0 saturated carbocycles. The van der Waals surface area contributed by atoms with Crippen molar-refractivity contribution in [2.75, 3.05) is 37.6 Å². The summed E-state index contributed by atoms with van der Waals surface area (Å²) in [4.78, 5) is 4.54. The highest BCUT2D eigenvalue weighted by Crippen LogP contribution is 2.18. The lowest BCUT2D eigenvalue weighted by molar-refractivity contribution is 0.0345. The molecule has 1 aromatic heterocycles. The lowest BCUT2D eigenvalue weighted by atomic mass is 10.1. The Morgan fingerprint density at radius 1 is 1.38 bits per heavy atom. The van der Waals surface area contributed by atoms with Gasteiger partial charge in [0.25, 0.3) is 0 Å². The van der Waals surface area contributed by atoms with E-state index in [0.717, 1.165) is 37.9 Å². The highest BCUT2D eigenvalue weighted by atomic mass is 32.1. The molecule has 2 rings (SSSR count). The van der Waals surface area contributed by atoms with E-state index in [-0.39, 0.29) is 0 Å². The van der Waals surface area contributed by atoms with E-state index in [1.165, 1.54) is 0 Å². The molecule has 16 heavy (non-hydrogen) atoms. The third-order valence-corrected chi connectivity index (χ3v) is 3.35. The van der Waals surface area contributed by atoms with Gasteiger partial charge in [-0.05, 0) is 13.8 Å². The van der Waals surface area contributed by atoms with Crippen LogP contribution < -0.4 is 4.90 Å². The van der Waals surface area contributed by atoms with Gasteiger partial charge in [0.15, 0.2) is 0 Å². The molecule has 0 aliphatic carbocycles. The molecular formula is C10H18N4OS. The van der Waals surface area contributed by atoms with Crippen LogP contribution in [0.15, 0.2) is 5.51 Å². The van der Waals surface area contributed by atoms with E-state index < -0.39 is 5.60 Å². The smallest absolute Gasteiger partial charge is 0.208 e. The van der Waals surface area contributed by atoms with Crippen LogP contribution in [0, 0.1) is 0 Å². The maximum Gasteiger partial charge on any atom is 0.208 e. The van der Waals surface area contributed by atoms with E-state index in [1.807, 2.05) is 13.8 Å². The van der Waals surface area contributed by atoms with Crippen molar-refractivity contribution in [3.8, 4) is 0 Å². The van der Waals surface area contributed by atoms with Crippen molar-refractivity contribution in [1.29, 1.82) is 0 Å². The number of aliphatic hydroxyl groups is 1. The van der Waals surface area contributed by atoms with Crippen LogP contribution in [0.1, 0.15) is 13.8 Å². The fourth-order valence-corrected chi connectivity index (χ4v) is 2.56. The second-order valence-electron chi connectivity index (χ2n) is 4.80. The third kappa shape index (κ3) is 3.13. The van der Waals surface area contributed by atoms with Crippen molar-refractivity contribution in [1.82, 2.24) is 15.1 Å². The Hall–Kier alpha value is -0.720. The van der Waals surface area contributed by atoms with Gasteiger partial charge >= 0.3 is 0 Å². The standard InChI is InChI=1S/C10H18N4OS/c1-10(2,15)7-13-3-5-14(6-4-13)9-12-11-8-16-9/h8,15H,3-7H2,1-2H3. The molecule has 0 atom stereocenters. The number of aromatic nitrogens is 2. The molecule has 90 valence electrons. The van der Waals surface area contributed by atoms with Crippen molar-refractivity contribution >= 4 is 16.5 Å². The van der Waals surface area contributed by atoms with Crippen LogP contribution in [0.2, 0.25) is 0 Å². The Labute approximate surface area is 99.7 Å². The van der Waals surface area contributed by atoms with E-state index in [4.69, 9.17) is 0 Å². The van der Waals surface area contributed by atoms with Crippen molar-refractivity contribution in [3.63, 3.8) is 0 Å². The van der Waals surface area contributed by atoms with E-state index in [1.54, 1.807) is 16.8 Å². The summed E-state index contributed by atoms with van der Waals surface area (Å²) in [6.07, 6.45) is 0. The molecule has 2 heterocycles. The Morgan fingerprint density at radius 3 is 2.56 bits per heavy atom. The lowest BCUT2D eigenvalue weighted by Gasteiger charge is -2.36. The third-order valence-electron chi connectivity index (χ3n) is 2.60. The molecule has 1 saturated heterocycles. The summed E-state index contributed by atoms with van der Waals surface area (Å²) in [7, 11) is 0. The van der Waals surface area contributed by atoms with Crippen LogP contribution in [0.25, 0.3) is 0 Å². The molecule has 1 aliphatic heterocycles. The van der Waals surface area contributed by atoms with Crippen LogP contribution in [0.5, 0.6) is 0 Å². The first-order valence-corrected chi connectivity index (χ1v) is 6.38. The number of hydrogen-bond donors (Lipinski definition) is 1. The minimum atomic E-state index is -0.606. The number of nitrogens with zero attached hydrogens (tertiary/aromatic N) is 4. The Balaban J connectivity index is 1.83. The van der Waals surface area contributed by atoms with E-state index in [9.17, 15) is 5.11 Å². The summed E-state index contributed by atoms with van der Waals surface area (Å²) in [5, 5.41) is 18.7. The van der Waals surface area contributed by atoms with Crippen LogP contribution in [0.3, 0.4) is 0 Å². The summed E-state index contributed by atoms with van der Waals surface area (Å²) in [6.45, 7) is 8.31.